The number of amides is 1. The molecule has 2 nitrogen and oxygen atoms in total. The van der Waals surface area contributed by atoms with Crippen molar-refractivity contribution in [1.82, 2.24) is 0 Å². The summed E-state index contributed by atoms with van der Waals surface area (Å²) in [4.78, 5) is 11.6. The summed E-state index contributed by atoms with van der Waals surface area (Å²) in [7, 11) is 0. The van der Waals surface area contributed by atoms with Crippen molar-refractivity contribution in [1.29, 1.82) is 0 Å². The van der Waals surface area contributed by atoms with Gasteiger partial charge < -0.3 is 5.73 Å². The van der Waals surface area contributed by atoms with Gasteiger partial charge in [0.05, 0.1) is 0 Å². The van der Waals surface area contributed by atoms with Gasteiger partial charge in [-0.2, -0.15) is 0 Å². The second-order valence-corrected chi connectivity index (χ2v) is 5.63. The van der Waals surface area contributed by atoms with Crippen molar-refractivity contribution < 1.29 is 4.79 Å². The molecule has 0 bridgehead atoms. The van der Waals surface area contributed by atoms with E-state index < -0.39 is 0 Å². The van der Waals surface area contributed by atoms with Crippen LogP contribution in [0.25, 0.3) is 0 Å². The largest absolute Gasteiger partial charge is 0.369 e. The summed E-state index contributed by atoms with van der Waals surface area (Å²) in [6.07, 6.45) is 1.21. The summed E-state index contributed by atoms with van der Waals surface area (Å²) < 4.78 is 0. The molecule has 4 heteroatoms. The van der Waals surface area contributed by atoms with E-state index in [0.29, 0.717) is 22.9 Å². The summed E-state index contributed by atoms with van der Waals surface area (Å²) in [5, 5.41) is 1.36. The van der Waals surface area contributed by atoms with Crippen molar-refractivity contribution in [2.24, 2.45) is 11.7 Å². The average Bonchev–Trinajstić information content (AvgIpc) is 2.42. The van der Waals surface area contributed by atoms with Crippen molar-refractivity contribution >= 4 is 29.1 Å². The normalized spacial score (nSPS) is 10.8. The summed E-state index contributed by atoms with van der Waals surface area (Å²) in [6, 6.07) is 14.9. The molecule has 1 amide bonds. The van der Waals surface area contributed by atoms with Gasteiger partial charge in [0, 0.05) is 16.0 Å². The third kappa shape index (κ3) is 4.26. The third-order valence-electron chi connectivity index (χ3n) is 3.19. The van der Waals surface area contributed by atoms with Crippen molar-refractivity contribution in [3.8, 4) is 0 Å². The van der Waals surface area contributed by atoms with E-state index in [9.17, 15) is 4.79 Å². The fraction of sp³-hybridized carbons (Fsp3) is 0.188. The molecule has 0 heterocycles. The Labute approximate surface area is 128 Å². The Bertz CT molecular complexity index is 531. The molecule has 0 aliphatic carbocycles. The monoisotopic (exact) mass is 307 g/mol. The van der Waals surface area contributed by atoms with Gasteiger partial charge in [0.2, 0.25) is 5.91 Å². The highest BCUT2D eigenvalue weighted by molar-refractivity contribution is 6.30. The molecule has 0 saturated heterocycles. The predicted octanol–water partition coefficient (Wildman–Crippen LogP) is 3.88. The van der Waals surface area contributed by atoms with Crippen LogP contribution in [0, 0.1) is 5.92 Å². The number of hydrogen-bond donors (Lipinski definition) is 1. The van der Waals surface area contributed by atoms with Crippen LogP contribution in [0.15, 0.2) is 48.5 Å². The molecule has 20 heavy (non-hydrogen) atoms. The second kappa shape index (κ2) is 6.78. The molecule has 2 N–H and O–H groups in total. The highest BCUT2D eigenvalue weighted by atomic mass is 35.5. The molecule has 0 radical (unpaired) electrons. The lowest BCUT2D eigenvalue weighted by atomic mass is 9.92. The van der Waals surface area contributed by atoms with Crippen LogP contribution in [0.4, 0.5) is 0 Å². The van der Waals surface area contributed by atoms with E-state index in [-0.39, 0.29) is 11.8 Å². The maximum atomic E-state index is 11.6. The number of hydrogen-bond acceptors (Lipinski definition) is 1. The fourth-order valence-electron chi connectivity index (χ4n) is 2.08. The van der Waals surface area contributed by atoms with Crippen molar-refractivity contribution in [3.05, 3.63) is 69.7 Å². The van der Waals surface area contributed by atoms with Crippen molar-refractivity contribution in [2.45, 2.75) is 12.8 Å². The molecular weight excluding hydrogens is 293 g/mol. The zero-order chi connectivity index (χ0) is 14.5. The molecule has 2 aromatic carbocycles. The zero-order valence-electron chi connectivity index (χ0n) is 10.9. The van der Waals surface area contributed by atoms with Crippen LogP contribution in [0.5, 0.6) is 0 Å². The number of primary amides is 1. The summed E-state index contributed by atoms with van der Waals surface area (Å²) in [5.74, 6) is -0.535. The molecule has 0 spiro atoms. The van der Waals surface area contributed by atoms with E-state index in [4.69, 9.17) is 28.9 Å². The van der Waals surface area contributed by atoms with Crippen LogP contribution < -0.4 is 5.73 Å². The Balaban J connectivity index is 2.09. The first-order chi connectivity index (χ1) is 9.54. The van der Waals surface area contributed by atoms with Crippen LogP contribution >= 0.6 is 23.2 Å². The van der Waals surface area contributed by atoms with Gasteiger partial charge in [0.25, 0.3) is 0 Å². The molecule has 2 aromatic rings. The standard InChI is InChI=1S/C16H15Cl2NO/c17-14-5-1-11(2-6-14)9-13(16(19)20)10-12-3-7-15(18)8-4-12/h1-8,13H,9-10H2,(H2,19,20). The van der Waals surface area contributed by atoms with Gasteiger partial charge in [-0.25, -0.2) is 0 Å². The topological polar surface area (TPSA) is 43.1 Å². The van der Waals surface area contributed by atoms with Crippen LogP contribution in [0.2, 0.25) is 10.0 Å². The highest BCUT2D eigenvalue weighted by Gasteiger charge is 2.16. The predicted molar refractivity (Wildman–Crippen MR) is 83.0 cm³/mol. The van der Waals surface area contributed by atoms with E-state index in [1.165, 1.54) is 0 Å². The second-order valence-electron chi connectivity index (χ2n) is 4.76. The minimum Gasteiger partial charge on any atom is -0.369 e. The first kappa shape index (κ1) is 14.9. The van der Waals surface area contributed by atoms with Gasteiger partial charge in [-0.3, -0.25) is 4.79 Å². The Morgan fingerprint density at radius 2 is 1.20 bits per heavy atom. The lowest BCUT2D eigenvalue weighted by Gasteiger charge is -2.13. The molecule has 2 rings (SSSR count). The van der Waals surface area contributed by atoms with E-state index in [1.807, 2.05) is 48.5 Å². The Morgan fingerprint density at radius 3 is 1.50 bits per heavy atom. The smallest absolute Gasteiger partial charge is 0.221 e. The molecule has 104 valence electrons. The maximum absolute atomic E-state index is 11.6. The van der Waals surface area contributed by atoms with Crippen LogP contribution in [-0.4, -0.2) is 5.91 Å². The van der Waals surface area contributed by atoms with Gasteiger partial charge in [-0.05, 0) is 48.2 Å². The number of nitrogens with two attached hydrogens (primary N) is 1. The Kier molecular flexibility index (Phi) is 5.05. The van der Waals surface area contributed by atoms with Crippen LogP contribution in [0.3, 0.4) is 0 Å². The van der Waals surface area contributed by atoms with Gasteiger partial charge in [0.15, 0.2) is 0 Å². The van der Waals surface area contributed by atoms with Crippen LogP contribution in [0.1, 0.15) is 11.1 Å². The highest BCUT2D eigenvalue weighted by Crippen LogP contribution is 2.18. The number of carbonyl (C=O) groups excluding carboxylic acids is 1. The maximum Gasteiger partial charge on any atom is 0.221 e. The number of halogens is 2. The molecule has 0 unspecified atom stereocenters. The summed E-state index contributed by atoms with van der Waals surface area (Å²) in [6.45, 7) is 0. The van der Waals surface area contributed by atoms with Gasteiger partial charge in [-0.15, -0.1) is 0 Å². The van der Waals surface area contributed by atoms with Gasteiger partial charge in [0.1, 0.15) is 0 Å². The average molecular weight is 308 g/mol. The van der Waals surface area contributed by atoms with E-state index in [2.05, 4.69) is 0 Å². The van der Waals surface area contributed by atoms with E-state index in [0.717, 1.165) is 11.1 Å². The van der Waals surface area contributed by atoms with Crippen molar-refractivity contribution in [2.75, 3.05) is 0 Å². The Hall–Kier alpha value is -1.51. The minimum absolute atomic E-state index is 0.239. The minimum atomic E-state index is -0.296. The molecule has 0 aromatic heterocycles. The van der Waals surface area contributed by atoms with E-state index >= 15 is 0 Å². The lowest BCUT2D eigenvalue weighted by Crippen LogP contribution is -2.27. The third-order valence-corrected chi connectivity index (χ3v) is 3.70. The molecule has 0 aliphatic rings. The van der Waals surface area contributed by atoms with Gasteiger partial charge >= 0.3 is 0 Å². The van der Waals surface area contributed by atoms with Crippen molar-refractivity contribution in [3.63, 3.8) is 0 Å². The first-order valence-corrected chi connectivity index (χ1v) is 7.08. The zero-order valence-corrected chi connectivity index (χ0v) is 12.4. The number of benzene rings is 2. The fourth-order valence-corrected chi connectivity index (χ4v) is 2.34. The SMILES string of the molecule is NC(=O)C(Cc1ccc(Cl)cc1)Cc1ccc(Cl)cc1. The van der Waals surface area contributed by atoms with Gasteiger partial charge in [-0.1, -0.05) is 47.5 Å². The summed E-state index contributed by atoms with van der Waals surface area (Å²) in [5.41, 5.74) is 7.60. The molecular formula is C16H15Cl2NO. The summed E-state index contributed by atoms with van der Waals surface area (Å²) >= 11 is 11.7. The molecule has 0 fully saturated rings. The molecule has 0 saturated carbocycles. The number of rotatable bonds is 5. The molecule has 0 atom stereocenters. The number of carbonyl (C=O) groups is 1. The molecule has 0 aliphatic heterocycles. The quantitative estimate of drug-likeness (QED) is 0.895. The lowest BCUT2D eigenvalue weighted by molar-refractivity contribution is -0.121. The first-order valence-electron chi connectivity index (χ1n) is 6.33. The van der Waals surface area contributed by atoms with Crippen LogP contribution in [-0.2, 0) is 17.6 Å². The Morgan fingerprint density at radius 1 is 0.850 bits per heavy atom. The van der Waals surface area contributed by atoms with E-state index in [1.54, 1.807) is 0 Å².